The largest absolute Gasteiger partial charge is 0.480 e. The van der Waals surface area contributed by atoms with E-state index in [0.29, 0.717) is 13.0 Å². The summed E-state index contributed by atoms with van der Waals surface area (Å²) in [6, 6.07) is 6.02. The van der Waals surface area contributed by atoms with E-state index < -0.39 is 6.10 Å². The SMILES string of the molecule is CCC(Oc1ccc(C)cc1C)C(=O)NCCSC(C)(C)C. The van der Waals surface area contributed by atoms with Crippen LogP contribution in [0.4, 0.5) is 0 Å². The predicted molar refractivity (Wildman–Crippen MR) is 95.8 cm³/mol. The maximum absolute atomic E-state index is 12.2. The number of carbonyl (C=O) groups excluding carboxylic acids is 1. The van der Waals surface area contributed by atoms with Crippen molar-refractivity contribution in [2.75, 3.05) is 12.3 Å². The molecule has 3 nitrogen and oxygen atoms in total. The average Bonchev–Trinajstić information content (AvgIpc) is 2.41. The molecule has 1 unspecified atom stereocenters. The lowest BCUT2D eigenvalue weighted by Crippen LogP contribution is -2.39. The second-order valence-corrected chi connectivity index (χ2v) is 8.46. The lowest BCUT2D eigenvalue weighted by atomic mass is 10.1. The molecular formula is C18H29NO2S. The van der Waals surface area contributed by atoms with E-state index in [1.807, 2.05) is 44.7 Å². The van der Waals surface area contributed by atoms with Crippen LogP contribution in [0, 0.1) is 13.8 Å². The van der Waals surface area contributed by atoms with Crippen molar-refractivity contribution in [1.82, 2.24) is 5.32 Å². The van der Waals surface area contributed by atoms with E-state index in [4.69, 9.17) is 4.74 Å². The van der Waals surface area contributed by atoms with Crippen LogP contribution in [-0.4, -0.2) is 29.1 Å². The first kappa shape index (κ1) is 18.9. The summed E-state index contributed by atoms with van der Waals surface area (Å²) in [4.78, 5) is 12.2. The standard InChI is InChI=1S/C18H29NO2S/c1-7-15(17(20)19-10-11-22-18(4,5)6)21-16-9-8-13(2)12-14(16)3/h8-9,12,15H,7,10-11H2,1-6H3,(H,19,20). The van der Waals surface area contributed by atoms with Gasteiger partial charge in [-0.15, -0.1) is 0 Å². The summed E-state index contributed by atoms with van der Waals surface area (Å²) in [7, 11) is 0. The van der Waals surface area contributed by atoms with Crippen molar-refractivity contribution in [2.24, 2.45) is 0 Å². The first-order valence-corrected chi connectivity index (χ1v) is 8.87. The minimum Gasteiger partial charge on any atom is -0.480 e. The van der Waals surface area contributed by atoms with E-state index in [1.54, 1.807) is 0 Å². The summed E-state index contributed by atoms with van der Waals surface area (Å²) >= 11 is 1.85. The van der Waals surface area contributed by atoms with Gasteiger partial charge in [0, 0.05) is 17.0 Å². The summed E-state index contributed by atoms with van der Waals surface area (Å²) in [5, 5.41) is 2.97. The molecule has 1 N–H and O–H groups in total. The van der Waals surface area contributed by atoms with Crippen LogP contribution in [0.15, 0.2) is 18.2 Å². The normalized spacial score (nSPS) is 12.8. The lowest BCUT2D eigenvalue weighted by molar-refractivity contribution is -0.128. The molecule has 4 heteroatoms. The molecule has 1 rings (SSSR count). The molecule has 0 aliphatic rings. The molecule has 1 aromatic carbocycles. The van der Waals surface area contributed by atoms with Gasteiger partial charge in [-0.05, 0) is 31.9 Å². The number of aryl methyl sites for hydroxylation is 2. The zero-order valence-electron chi connectivity index (χ0n) is 14.7. The number of carbonyl (C=O) groups is 1. The van der Waals surface area contributed by atoms with E-state index in [2.05, 4.69) is 32.2 Å². The Kier molecular flexibility index (Phi) is 7.27. The number of hydrogen-bond acceptors (Lipinski definition) is 3. The molecule has 0 fully saturated rings. The zero-order valence-corrected chi connectivity index (χ0v) is 15.5. The van der Waals surface area contributed by atoms with Gasteiger partial charge >= 0.3 is 0 Å². The van der Waals surface area contributed by atoms with E-state index >= 15 is 0 Å². The molecular weight excluding hydrogens is 294 g/mol. The highest BCUT2D eigenvalue weighted by Crippen LogP contribution is 2.22. The van der Waals surface area contributed by atoms with Crippen molar-refractivity contribution in [3.63, 3.8) is 0 Å². The minimum absolute atomic E-state index is 0.0306. The summed E-state index contributed by atoms with van der Waals surface area (Å²) in [6.07, 6.45) is 0.229. The van der Waals surface area contributed by atoms with Crippen molar-refractivity contribution < 1.29 is 9.53 Å². The van der Waals surface area contributed by atoms with Gasteiger partial charge < -0.3 is 10.1 Å². The van der Waals surface area contributed by atoms with Crippen LogP contribution in [0.25, 0.3) is 0 Å². The molecule has 0 radical (unpaired) electrons. The zero-order chi connectivity index (χ0) is 16.8. The minimum atomic E-state index is -0.430. The van der Waals surface area contributed by atoms with Crippen LogP contribution >= 0.6 is 11.8 Å². The molecule has 1 atom stereocenters. The van der Waals surface area contributed by atoms with Gasteiger partial charge in [0.15, 0.2) is 6.10 Å². The highest BCUT2D eigenvalue weighted by atomic mass is 32.2. The quantitative estimate of drug-likeness (QED) is 0.768. The lowest BCUT2D eigenvalue weighted by Gasteiger charge is -2.20. The van der Waals surface area contributed by atoms with Gasteiger partial charge in [0.25, 0.3) is 5.91 Å². The molecule has 1 amide bonds. The van der Waals surface area contributed by atoms with Crippen LogP contribution in [0.3, 0.4) is 0 Å². The number of nitrogens with one attached hydrogen (secondary N) is 1. The molecule has 124 valence electrons. The third-order valence-corrected chi connectivity index (χ3v) is 4.47. The highest BCUT2D eigenvalue weighted by Gasteiger charge is 2.19. The first-order chi connectivity index (χ1) is 10.2. The van der Waals surface area contributed by atoms with E-state index in [-0.39, 0.29) is 10.7 Å². The molecule has 0 saturated heterocycles. The number of rotatable bonds is 7. The van der Waals surface area contributed by atoms with Gasteiger partial charge in [0.05, 0.1) is 0 Å². The van der Waals surface area contributed by atoms with E-state index in [1.165, 1.54) is 5.56 Å². The second-order valence-electron chi connectivity index (χ2n) is 6.54. The van der Waals surface area contributed by atoms with E-state index in [9.17, 15) is 4.79 Å². The number of ether oxygens (including phenoxy) is 1. The molecule has 0 saturated carbocycles. The fourth-order valence-corrected chi connectivity index (χ4v) is 2.87. The Hall–Kier alpha value is -1.16. The maximum atomic E-state index is 12.2. The van der Waals surface area contributed by atoms with Crippen LogP contribution < -0.4 is 10.1 Å². The van der Waals surface area contributed by atoms with Crippen LogP contribution in [0.5, 0.6) is 5.75 Å². The van der Waals surface area contributed by atoms with Gasteiger partial charge in [-0.25, -0.2) is 0 Å². The fraction of sp³-hybridized carbons (Fsp3) is 0.611. The van der Waals surface area contributed by atoms with Crippen molar-refractivity contribution in [1.29, 1.82) is 0 Å². The Morgan fingerprint density at radius 3 is 2.55 bits per heavy atom. The topological polar surface area (TPSA) is 38.3 Å². The maximum Gasteiger partial charge on any atom is 0.261 e. The van der Waals surface area contributed by atoms with Crippen molar-refractivity contribution in [3.8, 4) is 5.75 Å². The van der Waals surface area contributed by atoms with Gasteiger partial charge in [-0.1, -0.05) is 45.4 Å². The third kappa shape index (κ3) is 6.73. The molecule has 22 heavy (non-hydrogen) atoms. The average molecular weight is 324 g/mol. The smallest absolute Gasteiger partial charge is 0.261 e. The van der Waals surface area contributed by atoms with Gasteiger partial charge in [-0.2, -0.15) is 11.8 Å². The number of amides is 1. The molecule has 0 bridgehead atoms. The molecule has 0 aromatic heterocycles. The first-order valence-electron chi connectivity index (χ1n) is 7.88. The summed E-state index contributed by atoms with van der Waals surface area (Å²) in [5.41, 5.74) is 2.26. The summed E-state index contributed by atoms with van der Waals surface area (Å²) in [5.74, 6) is 1.67. The van der Waals surface area contributed by atoms with Crippen LogP contribution in [-0.2, 0) is 4.79 Å². The number of hydrogen-bond donors (Lipinski definition) is 1. The molecule has 0 aliphatic carbocycles. The monoisotopic (exact) mass is 323 g/mol. The van der Waals surface area contributed by atoms with Gasteiger partial charge in [-0.3, -0.25) is 4.79 Å². The van der Waals surface area contributed by atoms with Crippen molar-refractivity contribution in [3.05, 3.63) is 29.3 Å². The molecule has 0 spiro atoms. The van der Waals surface area contributed by atoms with E-state index in [0.717, 1.165) is 17.1 Å². The molecule has 0 heterocycles. The Labute approximate surface area is 139 Å². The van der Waals surface area contributed by atoms with Gasteiger partial charge in [0.2, 0.25) is 0 Å². The highest BCUT2D eigenvalue weighted by molar-refractivity contribution is 8.00. The van der Waals surface area contributed by atoms with Crippen molar-refractivity contribution in [2.45, 2.75) is 58.8 Å². The van der Waals surface area contributed by atoms with Crippen molar-refractivity contribution >= 4 is 17.7 Å². The number of benzene rings is 1. The van der Waals surface area contributed by atoms with Crippen LogP contribution in [0.2, 0.25) is 0 Å². The fourth-order valence-electron chi connectivity index (χ4n) is 2.05. The Morgan fingerprint density at radius 1 is 1.32 bits per heavy atom. The molecule has 0 aliphatic heterocycles. The van der Waals surface area contributed by atoms with Gasteiger partial charge in [0.1, 0.15) is 5.75 Å². The molecule has 1 aromatic rings. The Balaban J connectivity index is 2.51. The number of thioether (sulfide) groups is 1. The second kappa shape index (κ2) is 8.47. The Morgan fingerprint density at radius 2 is 2.00 bits per heavy atom. The van der Waals surface area contributed by atoms with Crippen LogP contribution in [0.1, 0.15) is 45.2 Å². The third-order valence-electron chi connectivity index (χ3n) is 3.20. The Bertz CT molecular complexity index is 494. The summed E-state index contributed by atoms with van der Waals surface area (Å²) < 4.78 is 6.12. The predicted octanol–water partition coefficient (Wildman–Crippen LogP) is 4.11. The summed E-state index contributed by atoms with van der Waals surface area (Å²) in [6.45, 7) is 13.2.